The van der Waals surface area contributed by atoms with E-state index in [2.05, 4.69) is 20.3 Å². The number of hydrogen-bond acceptors (Lipinski definition) is 8. The third-order valence-corrected chi connectivity index (χ3v) is 6.37. The zero-order valence-corrected chi connectivity index (χ0v) is 18.4. The smallest absolute Gasteiger partial charge is 0.419 e. The monoisotopic (exact) mass is 487 g/mol. The Bertz CT molecular complexity index is 1330. The molecule has 0 atom stereocenters. The first kappa shape index (κ1) is 21.8. The number of halogens is 3. The van der Waals surface area contributed by atoms with Crippen molar-refractivity contribution in [3.63, 3.8) is 0 Å². The summed E-state index contributed by atoms with van der Waals surface area (Å²) in [4.78, 5) is 27.5. The molecule has 12 heteroatoms. The summed E-state index contributed by atoms with van der Waals surface area (Å²) < 4.78 is 57.1. The van der Waals surface area contributed by atoms with Crippen LogP contribution in [0.5, 0.6) is 11.8 Å². The van der Waals surface area contributed by atoms with Crippen LogP contribution in [0.15, 0.2) is 30.5 Å². The van der Waals surface area contributed by atoms with Crippen LogP contribution in [0, 0.1) is 5.41 Å². The van der Waals surface area contributed by atoms with Crippen molar-refractivity contribution >= 4 is 28.4 Å². The van der Waals surface area contributed by atoms with E-state index in [0.29, 0.717) is 54.3 Å². The van der Waals surface area contributed by atoms with Crippen LogP contribution in [0.4, 0.5) is 24.8 Å². The SMILES string of the molecule is O=C1CC2(COC2)CN1c1cc2c3nc(nc2cn1)OCCOc1c(cccc1C(F)(F)F)CN3. The summed E-state index contributed by atoms with van der Waals surface area (Å²) in [5.41, 5.74) is -0.227. The lowest BCUT2D eigenvalue weighted by Crippen LogP contribution is -2.44. The number of carbonyl (C=O) groups excluding carboxylic acids is 1. The lowest BCUT2D eigenvalue weighted by Gasteiger charge is -2.36. The molecule has 2 bridgehead atoms. The zero-order valence-electron chi connectivity index (χ0n) is 18.4. The number of nitrogens with one attached hydrogen (secondary N) is 1. The van der Waals surface area contributed by atoms with E-state index in [1.54, 1.807) is 17.0 Å². The maximum Gasteiger partial charge on any atom is 0.419 e. The fraction of sp³-hybridized carbons (Fsp3) is 0.391. The van der Waals surface area contributed by atoms with Crippen molar-refractivity contribution in [2.75, 3.05) is 43.2 Å². The molecule has 2 saturated heterocycles. The van der Waals surface area contributed by atoms with Crippen LogP contribution in [0.2, 0.25) is 0 Å². The third kappa shape index (κ3) is 3.87. The van der Waals surface area contributed by atoms with Gasteiger partial charge >= 0.3 is 12.2 Å². The normalized spacial score (nSPS) is 19.3. The highest BCUT2D eigenvalue weighted by Gasteiger charge is 2.49. The number of aromatic nitrogens is 3. The fourth-order valence-corrected chi connectivity index (χ4v) is 4.61. The van der Waals surface area contributed by atoms with Gasteiger partial charge in [-0.3, -0.25) is 9.69 Å². The number of ether oxygens (including phenoxy) is 3. The average molecular weight is 487 g/mol. The third-order valence-electron chi connectivity index (χ3n) is 6.37. The Morgan fingerprint density at radius 1 is 1.11 bits per heavy atom. The van der Waals surface area contributed by atoms with Gasteiger partial charge in [0, 0.05) is 35.9 Å². The summed E-state index contributed by atoms with van der Waals surface area (Å²) in [6.45, 7) is 1.46. The topological polar surface area (TPSA) is 98.7 Å². The maximum atomic E-state index is 13.6. The largest absolute Gasteiger partial charge is 0.489 e. The molecule has 1 aromatic carbocycles. The highest BCUT2D eigenvalue weighted by molar-refractivity contribution is 5.98. The number of carbonyl (C=O) groups is 1. The Morgan fingerprint density at radius 3 is 2.69 bits per heavy atom. The van der Waals surface area contributed by atoms with Crippen LogP contribution in [0.3, 0.4) is 0 Å². The van der Waals surface area contributed by atoms with E-state index in [1.807, 2.05) is 0 Å². The molecule has 1 spiro atoms. The quantitative estimate of drug-likeness (QED) is 0.559. The summed E-state index contributed by atoms with van der Waals surface area (Å²) in [5, 5.41) is 3.66. The fourth-order valence-electron chi connectivity index (χ4n) is 4.61. The summed E-state index contributed by atoms with van der Waals surface area (Å²) in [6.07, 6.45) is -2.63. The maximum absolute atomic E-state index is 13.6. The summed E-state index contributed by atoms with van der Waals surface area (Å²) in [6, 6.07) is 5.65. The molecule has 0 aliphatic carbocycles. The number of nitrogens with zero attached hydrogens (tertiary/aromatic N) is 4. The van der Waals surface area contributed by atoms with E-state index in [-0.39, 0.29) is 42.8 Å². The molecule has 3 aliphatic rings. The van der Waals surface area contributed by atoms with E-state index < -0.39 is 11.7 Å². The highest BCUT2D eigenvalue weighted by atomic mass is 19.4. The molecule has 182 valence electrons. The van der Waals surface area contributed by atoms with Crippen molar-refractivity contribution in [1.29, 1.82) is 0 Å². The number of hydrogen-bond donors (Lipinski definition) is 1. The molecule has 1 amide bonds. The molecule has 1 N–H and O–H groups in total. The summed E-state index contributed by atoms with van der Waals surface area (Å²) in [7, 11) is 0. The van der Waals surface area contributed by atoms with Gasteiger partial charge in [-0.15, -0.1) is 0 Å². The lowest BCUT2D eigenvalue weighted by atomic mass is 9.85. The molecule has 3 aromatic rings. The Morgan fingerprint density at radius 2 is 1.94 bits per heavy atom. The van der Waals surface area contributed by atoms with Gasteiger partial charge in [0.05, 0.1) is 30.5 Å². The number of pyridine rings is 1. The van der Waals surface area contributed by atoms with Gasteiger partial charge in [-0.1, -0.05) is 12.1 Å². The van der Waals surface area contributed by atoms with Crippen LogP contribution in [0.1, 0.15) is 17.5 Å². The van der Waals surface area contributed by atoms with Gasteiger partial charge in [0.1, 0.15) is 30.6 Å². The van der Waals surface area contributed by atoms with E-state index in [9.17, 15) is 18.0 Å². The Kier molecular flexibility index (Phi) is 4.95. The van der Waals surface area contributed by atoms with Gasteiger partial charge < -0.3 is 19.5 Å². The molecule has 0 radical (unpaired) electrons. The molecule has 5 heterocycles. The van der Waals surface area contributed by atoms with Crippen molar-refractivity contribution in [1.82, 2.24) is 15.0 Å². The first-order valence-corrected chi connectivity index (χ1v) is 11.1. The van der Waals surface area contributed by atoms with Crippen molar-refractivity contribution in [2.45, 2.75) is 19.1 Å². The lowest BCUT2D eigenvalue weighted by molar-refractivity contribution is -0.139. The van der Waals surface area contributed by atoms with Gasteiger partial charge in [0.25, 0.3) is 0 Å². The first-order chi connectivity index (χ1) is 16.8. The molecule has 35 heavy (non-hydrogen) atoms. The van der Waals surface area contributed by atoms with Crippen LogP contribution in [-0.2, 0) is 22.3 Å². The van der Waals surface area contributed by atoms with Crippen molar-refractivity contribution in [2.24, 2.45) is 5.41 Å². The highest BCUT2D eigenvalue weighted by Crippen LogP contribution is 2.41. The second-order valence-corrected chi connectivity index (χ2v) is 8.91. The minimum atomic E-state index is -4.57. The van der Waals surface area contributed by atoms with Gasteiger partial charge in [-0.25, -0.2) is 4.98 Å². The van der Waals surface area contributed by atoms with Crippen LogP contribution in [0.25, 0.3) is 10.9 Å². The van der Waals surface area contributed by atoms with E-state index in [0.717, 1.165) is 6.07 Å². The predicted octanol–water partition coefficient (Wildman–Crippen LogP) is 3.18. The second kappa shape index (κ2) is 7.94. The van der Waals surface area contributed by atoms with Crippen molar-refractivity contribution < 1.29 is 32.2 Å². The summed E-state index contributed by atoms with van der Waals surface area (Å²) in [5.74, 6) is 0.528. The van der Waals surface area contributed by atoms with Crippen LogP contribution in [-0.4, -0.2) is 53.8 Å². The minimum absolute atomic E-state index is 0.0194. The molecule has 2 fully saturated rings. The number of amides is 1. The molecular formula is C23H20F3N5O4. The van der Waals surface area contributed by atoms with E-state index in [4.69, 9.17) is 14.2 Å². The van der Waals surface area contributed by atoms with Gasteiger partial charge in [-0.2, -0.15) is 23.1 Å². The van der Waals surface area contributed by atoms with Crippen molar-refractivity contribution in [3.05, 3.63) is 41.6 Å². The average Bonchev–Trinajstić information content (AvgIpc) is 3.16. The van der Waals surface area contributed by atoms with E-state index >= 15 is 0 Å². The Hall–Kier alpha value is -3.67. The zero-order chi connectivity index (χ0) is 24.2. The van der Waals surface area contributed by atoms with Crippen LogP contribution >= 0.6 is 0 Å². The first-order valence-electron chi connectivity index (χ1n) is 11.1. The van der Waals surface area contributed by atoms with Gasteiger partial charge in [0.2, 0.25) is 5.91 Å². The number of fused-ring (bicyclic) bond motifs is 5. The van der Waals surface area contributed by atoms with E-state index in [1.165, 1.54) is 12.3 Å². The Labute approximate surface area is 197 Å². The van der Waals surface area contributed by atoms with Crippen molar-refractivity contribution in [3.8, 4) is 11.8 Å². The standard InChI is InChI=1S/C23H20F3N5O4/c24-23(25,26)15-3-1-2-13-8-28-20-14-6-17(31-10-22(7-18(31)32)11-33-12-22)27-9-16(14)29-21(30-20)35-5-4-34-19(13)15/h1-3,6,9H,4-5,7-8,10-12H2,(H,28,29,30). The molecular weight excluding hydrogens is 467 g/mol. The second-order valence-electron chi connectivity index (χ2n) is 8.91. The molecule has 0 saturated carbocycles. The molecule has 9 nitrogen and oxygen atoms in total. The predicted molar refractivity (Wildman–Crippen MR) is 117 cm³/mol. The number of benzene rings is 1. The van der Waals surface area contributed by atoms with Gasteiger partial charge in [0.15, 0.2) is 0 Å². The number of anilines is 2. The molecule has 6 rings (SSSR count). The molecule has 3 aliphatic heterocycles. The number of alkyl halides is 3. The number of para-hydroxylation sites is 1. The van der Waals surface area contributed by atoms with Gasteiger partial charge in [-0.05, 0) is 12.1 Å². The molecule has 0 unspecified atom stereocenters. The minimum Gasteiger partial charge on any atom is -0.489 e. The Balaban J connectivity index is 1.38. The molecule has 2 aromatic heterocycles. The summed E-state index contributed by atoms with van der Waals surface area (Å²) >= 11 is 0. The number of rotatable bonds is 1. The van der Waals surface area contributed by atoms with Crippen LogP contribution < -0.4 is 19.7 Å².